The minimum absolute atomic E-state index is 0.165. The smallest absolute Gasteiger partial charge is 0.226 e. The topological polar surface area (TPSA) is 54.5 Å². The lowest BCUT2D eigenvalue weighted by molar-refractivity contribution is -0.132. The molecule has 2 aromatic rings. The number of carbonyl (C=O) groups is 1. The highest BCUT2D eigenvalue weighted by Gasteiger charge is 2.15. The summed E-state index contributed by atoms with van der Waals surface area (Å²) < 4.78 is 5.69. The summed E-state index contributed by atoms with van der Waals surface area (Å²) in [5.41, 5.74) is 2.21. The van der Waals surface area contributed by atoms with Crippen molar-refractivity contribution >= 4 is 18.1 Å². The number of rotatable bonds is 6. The minimum Gasteiger partial charge on any atom is -0.493 e. The van der Waals surface area contributed by atoms with Crippen LogP contribution in [0.15, 0.2) is 48.8 Å². The predicted octanol–water partition coefficient (Wildman–Crippen LogP) is 2.45. The number of benzene rings is 1. The van der Waals surface area contributed by atoms with Crippen LogP contribution in [0.25, 0.3) is 12.2 Å². The van der Waals surface area contributed by atoms with Gasteiger partial charge >= 0.3 is 0 Å². The number of amides is 1. The molecule has 5 nitrogen and oxygen atoms in total. The molecule has 1 aromatic carbocycles. The lowest BCUT2D eigenvalue weighted by Crippen LogP contribution is -2.46. The fourth-order valence-electron chi connectivity index (χ4n) is 2.67. The van der Waals surface area contributed by atoms with Crippen LogP contribution in [0.3, 0.4) is 0 Å². The number of nitrogens with one attached hydrogen (secondary N) is 1. The molecule has 5 heteroatoms. The number of hydrogen-bond donors (Lipinski definition) is 1. The number of piperazine rings is 1. The van der Waals surface area contributed by atoms with E-state index in [-0.39, 0.29) is 5.91 Å². The summed E-state index contributed by atoms with van der Waals surface area (Å²) in [7, 11) is 0. The fourth-order valence-corrected chi connectivity index (χ4v) is 2.67. The van der Waals surface area contributed by atoms with Crippen molar-refractivity contribution in [3.8, 4) is 5.75 Å². The Balaban J connectivity index is 1.44. The number of carbonyl (C=O) groups excluding carboxylic acids is 1. The Kier molecular flexibility index (Phi) is 6.17. The Morgan fingerprint density at radius 2 is 1.68 bits per heavy atom. The average molecular weight is 337 g/mol. The van der Waals surface area contributed by atoms with E-state index in [0.29, 0.717) is 13.0 Å². The Hall–Kier alpha value is -2.66. The normalized spacial score (nSPS) is 14.6. The van der Waals surface area contributed by atoms with E-state index in [9.17, 15) is 4.79 Å². The van der Waals surface area contributed by atoms with Gasteiger partial charge in [0, 0.05) is 38.6 Å². The molecule has 1 aliphatic heterocycles. The molecule has 1 aromatic heterocycles. The minimum atomic E-state index is 0.165. The van der Waals surface area contributed by atoms with E-state index >= 15 is 0 Å². The highest BCUT2D eigenvalue weighted by Crippen LogP contribution is 2.15. The van der Waals surface area contributed by atoms with Crippen molar-refractivity contribution in [2.75, 3.05) is 32.8 Å². The van der Waals surface area contributed by atoms with Gasteiger partial charge in [-0.25, -0.2) is 0 Å². The maximum atomic E-state index is 12.1. The van der Waals surface area contributed by atoms with Crippen LogP contribution in [0.1, 0.15) is 17.5 Å². The zero-order chi connectivity index (χ0) is 17.3. The van der Waals surface area contributed by atoms with Gasteiger partial charge in [0.2, 0.25) is 5.91 Å². The van der Waals surface area contributed by atoms with Gasteiger partial charge in [-0.1, -0.05) is 24.3 Å². The summed E-state index contributed by atoms with van der Waals surface area (Å²) in [5, 5.41) is 3.24. The maximum Gasteiger partial charge on any atom is 0.226 e. The van der Waals surface area contributed by atoms with Gasteiger partial charge in [0.1, 0.15) is 5.75 Å². The van der Waals surface area contributed by atoms with E-state index < -0.39 is 0 Å². The van der Waals surface area contributed by atoms with Gasteiger partial charge in [-0.05, 0) is 35.4 Å². The van der Waals surface area contributed by atoms with Crippen LogP contribution >= 0.6 is 0 Å². The molecule has 1 N–H and O–H groups in total. The molecule has 0 atom stereocenters. The monoisotopic (exact) mass is 337 g/mol. The standard InChI is InChI=1S/C20H23N3O2/c24-20(23-14-12-22-13-15-23)9-16-25-19-5-3-17(4-6-19)1-2-18-7-10-21-11-8-18/h1-8,10-11,22H,9,12-16H2/b2-1+. The Morgan fingerprint density at radius 1 is 1.04 bits per heavy atom. The first-order valence-corrected chi connectivity index (χ1v) is 8.61. The Labute approximate surface area is 148 Å². The molecule has 1 amide bonds. The summed E-state index contributed by atoms with van der Waals surface area (Å²) in [5.74, 6) is 0.951. The van der Waals surface area contributed by atoms with Crippen molar-refractivity contribution in [3.05, 3.63) is 59.9 Å². The first-order valence-electron chi connectivity index (χ1n) is 8.61. The van der Waals surface area contributed by atoms with Gasteiger partial charge in [0.25, 0.3) is 0 Å². The van der Waals surface area contributed by atoms with E-state index in [0.717, 1.165) is 43.1 Å². The van der Waals surface area contributed by atoms with Crippen LogP contribution in [-0.2, 0) is 4.79 Å². The van der Waals surface area contributed by atoms with Gasteiger partial charge in [0.05, 0.1) is 13.0 Å². The first-order chi connectivity index (χ1) is 12.3. The third-order valence-corrected chi connectivity index (χ3v) is 4.11. The maximum absolute atomic E-state index is 12.1. The van der Waals surface area contributed by atoms with Gasteiger partial charge in [-0.2, -0.15) is 0 Å². The fraction of sp³-hybridized carbons (Fsp3) is 0.300. The molecule has 0 saturated carbocycles. The molecule has 0 radical (unpaired) electrons. The van der Waals surface area contributed by atoms with E-state index in [1.807, 2.05) is 53.5 Å². The van der Waals surface area contributed by atoms with Crippen molar-refractivity contribution in [3.63, 3.8) is 0 Å². The number of aromatic nitrogens is 1. The number of hydrogen-bond acceptors (Lipinski definition) is 4. The van der Waals surface area contributed by atoms with Gasteiger partial charge < -0.3 is 15.0 Å². The van der Waals surface area contributed by atoms with Crippen LogP contribution in [0, 0.1) is 0 Å². The van der Waals surface area contributed by atoms with E-state index in [4.69, 9.17) is 4.74 Å². The summed E-state index contributed by atoms with van der Waals surface area (Å²) in [6.07, 6.45) is 8.07. The van der Waals surface area contributed by atoms with Gasteiger partial charge in [-0.15, -0.1) is 0 Å². The number of pyridine rings is 1. The van der Waals surface area contributed by atoms with Crippen molar-refractivity contribution in [2.45, 2.75) is 6.42 Å². The molecule has 0 spiro atoms. The molecule has 3 rings (SSSR count). The van der Waals surface area contributed by atoms with Crippen LogP contribution in [0.5, 0.6) is 5.75 Å². The molecule has 25 heavy (non-hydrogen) atoms. The van der Waals surface area contributed by atoms with Crippen molar-refractivity contribution in [1.82, 2.24) is 15.2 Å². The van der Waals surface area contributed by atoms with E-state index in [2.05, 4.69) is 10.3 Å². The lowest BCUT2D eigenvalue weighted by Gasteiger charge is -2.27. The second-order valence-corrected chi connectivity index (χ2v) is 5.91. The largest absolute Gasteiger partial charge is 0.493 e. The first kappa shape index (κ1) is 17.2. The molecule has 2 heterocycles. The SMILES string of the molecule is O=C(CCOc1ccc(/C=C/c2ccncc2)cc1)N1CCNCC1. The summed E-state index contributed by atoms with van der Waals surface area (Å²) in [6, 6.07) is 11.8. The quantitative estimate of drug-likeness (QED) is 0.880. The van der Waals surface area contributed by atoms with Crippen molar-refractivity contribution in [2.24, 2.45) is 0 Å². The molecular formula is C20H23N3O2. The van der Waals surface area contributed by atoms with E-state index in [1.54, 1.807) is 12.4 Å². The molecule has 1 saturated heterocycles. The third-order valence-electron chi connectivity index (χ3n) is 4.11. The predicted molar refractivity (Wildman–Crippen MR) is 99.2 cm³/mol. The summed E-state index contributed by atoms with van der Waals surface area (Å²) in [4.78, 5) is 18.0. The Bertz CT molecular complexity index is 693. The zero-order valence-electron chi connectivity index (χ0n) is 14.2. The molecule has 0 unspecified atom stereocenters. The molecule has 130 valence electrons. The molecular weight excluding hydrogens is 314 g/mol. The highest BCUT2D eigenvalue weighted by atomic mass is 16.5. The van der Waals surface area contributed by atoms with Crippen LogP contribution in [0.2, 0.25) is 0 Å². The van der Waals surface area contributed by atoms with Crippen LogP contribution < -0.4 is 10.1 Å². The second-order valence-electron chi connectivity index (χ2n) is 5.91. The van der Waals surface area contributed by atoms with Crippen molar-refractivity contribution < 1.29 is 9.53 Å². The molecule has 0 aliphatic carbocycles. The summed E-state index contributed by atoms with van der Waals surface area (Å²) >= 11 is 0. The molecule has 0 bridgehead atoms. The summed E-state index contributed by atoms with van der Waals surface area (Å²) in [6.45, 7) is 3.74. The lowest BCUT2D eigenvalue weighted by atomic mass is 10.1. The molecule has 1 fully saturated rings. The highest BCUT2D eigenvalue weighted by molar-refractivity contribution is 5.76. The number of nitrogens with zero attached hydrogens (tertiary/aromatic N) is 2. The van der Waals surface area contributed by atoms with Gasteiger partial charge in [0.15, 0.2) is 0 Å². The van der Waals surface area contributed by atoms with Crippen LogP contribution in [0.4, 0.5) is 0 Å². The molecule has 1 aliphatic rings. The Morgan fingerprint density at radius 3 is 2.36 bits per heavy atom. The second kappa shape index (κ2) is 8.99. The van der Waals surface area contributed by atoms with Crippen molar-refractivity contribution in [1.29, 1.82) is 0 Å². The zero-order valence-corrected chi connectivity index (χ0v) is 14.2. The average Bonchev–Trinajstić information content (AvgIpc) is 2.69. The third kappa shape index (κ3) is 5.43. The van der Waals surface area contributed by atoms with Gasteiger partial charge in [-0.3, -0.25) is 9.78 Å². The van der Waals surface area contributed by atoms with E-state index in [1.165, 1.54) is 0 Å². The van der Waals surface area contributed by atoms with Crippen LogP contribution in [-0.4, -0.2) is 48.6 Å². The number of ether oxygens (including phenoxy) is 1.